The Balaban J connectivity index is 2.50. The van der Waals surface area contributed by atoms with Crippen molar-refractivity contribution in [3.05, 3.63) is 36.2 Å². The number of carbonyl (C=O) groups is 1. The number of ketones is 1. The molecule has 0 aliphatic heterocycles. The first kappa shape index (κ1) is 8.90. The smallest absolute Gasteiger partial charge is 0.199 e. The third-order valence-electron chi connectivity index (χ3n) is 2.04. The first-order valence-electron chi connectivity index (χ1n) is 4.42. The Kier molecular flexibility index (Phi) is 2.05. The van der Waals surface area contributed by atoms with Crippen LogP contribution in [0.3, 0.4) is 0 Å². The molecule has 0 saturated heterocycles. The maximum atomic E-state index is 11.5. The second kappa shape index (κ2) is 3.23. The van der Waals surface area contributed by atoms with Crippen LogP contribution in [0.15, 0.2) is 30.5 Å². The van der Waals surface area contributed by atoms with Gasteiger partial charge in [0.1, 0.15) is 5.69 Å². The van der Waals surface area contributed by atoms with E-state index < -0.39 is 6.04 Å². The molecule has 2 heterocycles. The predicted octanol–water partition coefficient (Wildman–Crippen LogP) is 0.864. The van der Waals surface area contributed by atoms with Gasteiger partial charge in [0, 0.05) is 6.20 Å². The van der Waals surface area contributed by atoms with E-state index in [1.165, 1.54) is 0 Å². The predicted molar refractivity (Wildman–Crippen MR) is 53.2 cm³/mol. The maximum absolute atomic E-state index is 11.5. The minimum atomic E-state index is -0.500. The van der Waals surface area contributed by atoms with Crippen LogP contribution >= 0.6 is 0 Å². The highest BCUT2D eigenvalue weighted by atomic mass is 16.1. The summed E-state index contributed by atoms with van der Waals surface area (Å²) in [7, 11) is 0. The SMILES string of the molecule is CC(N)C(=O)c1cc2ccccn2n1. The molecular weight excluding hydrogens is 178 g/mol. The van der Waals surface area contributed by atoms with Gasteiger partial charge < -0.3 is 5.73 Å². The number of aromatic nitrogens is 2. The lowest BCUT2D eigenvalue weighted by Crippen LogP contribution is -2.26. The molecule has 1 atom stereocenters. The highest BCUT2D eigenvalue weighted by Gasteiger charge is 2.14. The quantitative estimate of drug-likeness (QED) is 0.713. The van der Waals surface area contributed by atoms with Crippen molar-refractivity contribution in [2.45, 2.75) is 13.0 Å². The van der Waals surface area contributed by atoms with Gasteiger partial charge in [-0.15, -0.1) is 0 Å². The molecule has 0 fully saturated rings. The van der Waals surface area contributed by atoms with Crippen molar-refractivity contribution in [2.75, 3.05) is 0 Å². The van der Waals surface area contributed by atoms with Crippen molar-refractivity contribution in [2.24, 2.45) is 5.73 Å². The lowest BCUT2D eigenvalue weighted by atomic mass is 10.2. The molecule has 2 N–H and O–H groups in total. The second-order valence-electron chi connectivity index (χ2n) is 3.25. The average molecular weight is 189 g/mol. The molecule has 2 aromatic heterocycles. The topological polar surface area (TPSA) is 60.4 Å². The van der Waals surface area contributed by atoms with Crippen molar-refractivity contribution >= 4 is 11.3 Å². The summed E-state index contributed by atoms with van der Waals surface area (Å²) in [5.41, 5.74) is 6.81. The summed E-state index contributed by atoms with van der Waals surface area (Å²) in [5.74, 6) is -0.131. The van der Waals surface area contributed by atoms with Gasteiger partial charge in [-0.05, 0) is 25.1 Å². The van der Waals surface area contributed by atoms with E-state index in [2.05, 4.69) is 5.10 Å². The molecule has 0 saturated carbocycles. The van der Waals surface area contributed by atoms with Gasteiger partial charge in [-0.25, -0.2) is 4.52 Å². The van der Waals surface area contributed by atoms with Gasteiger partial charge in [-0.2, -0.15) is 5.10 Å². The number of fused-ring (bicyclic) bond motifs is 1. The zero-order chi connectivity index (χ0) is 10.1. The third kappa shape index (κ3) is 1.40. The first-order valence-corrected chi connectivity index (χ1v) is 4.42. The van der Waals surface area contributed by atoms with Gasteiger partial charge in [-0.3, -0.25) is 4.79 Å². The summed E-state index contributed by atoms with van der Waals surface area (Å²) in [6.45, 7) is 1.66. The molecule has 0 spiro atoms. The van der Waals surface area contributed by atoms with E-state index in [1.54, 1.807) is 23.7 Å². The Bertz CT molecular complexity index is 440. The second-order valence-corrected chi connectivity index (χ2v) is 3.25. The summed E-state index contributed by atoms with van der Waals surface area (Å²) in [6.07, 6.45) is 1.80. The highest BCUT2D eigenvalue weighted by Crippen LogP contribution is 2.07. The van der Waals surface area contributed by atoms with E-state index in [0.29, 0.717) is 5.69 Å². The van der Waals surface area contributed by atoms with Crippen LogP contribution in [0.5, 0.6) is 0 Å². The number of Topliss-reactive ketones (excluding diaryl/α,β-unsaturated/α-hetero) is 1. The number of carbonyl (C=O) groups excluding carboxylic acids is 1. The number of nitrogens with zero attached hydrogens (tertiary/aromatic N) is 2. The number of hydrogen-bond donors (Lipinski definition) is 1. The zero-order valence-electron chi connectivity index (χ0n) is 7.84. The molecule has 72 valence electrons. The molecule has 0 bridgehead atoms. The summed E-state index contributed by atoms with van der Waals surface area (Å²) in [6, 6.07) is 6.90. The Morgan fingerprint density at radius 3 is 3.00 bits per heavy atom. The molecule has 1 unspecified atom stereocenters. The molecule has 0 aliphatic rings. The Hall–Kier alpha value is -1.68. The third-order valence-corrected chi connectivity index (χ3v) is 2.04. The fourth-order valence-corrected chi connectivity index (χ4v) is 1.29. The fourth-order valence-electron chi connectivity index (χ4n) is 1.29. The van der Waals surface area contributed by atoms with E-state index >= 15 is 0 Å². The molecule has 2 rings (SSSR count). The summed E-state index contributed by atoms with van der Waals surface area (Å²) in [4.78, 5) is 11.5. The van der Waals surface area contributed by atoms with Crippen molar-refractivity contribution in [3.8, 4) is 0 Å². The molecule has 0 aliphatic carbocycles. The minimum absolute atomic E-state index is 0.131. The molecule has 0 amide bonds. The van der Waals surface area contributed by atoms with Gasteiger partial charge in [-0.1, -0.05) is 6.07 Å². The molecule has 0 aromatic carbocycles. The van der Waals surface area contributed by atoms with Crippen molar-refractivity contribution in [1.82, 2.24) is 9.61 Å². The maximum Gasteiger partial charge on any atom is 0.199 e. The van der Waals surface area contributed by atoms with E-state index in [-0.39, 0.29) is 5.78 Å². The van der Waals surface area contributed by atoms with Crippen LogP contribution in [0, 0.1) is 0 Å². The van der Waals surface area contributed by atoms with Crippen LogP contribution < -0.4 is 5.73 Å². The van der Waals surface area contributed by atoms with Crippen LogP contribution in [-0.4, -0.2) is 21.4 Å². The summed E-state index contributed by atoms with van der Waals surface area (Å²) >= 11 is 0. The van der Waals surface area contributed by atoms with Crippen LogP contribution in [0.1, 0.15) is 17.4 Å². The van der Waals surface area contributed by atoms with E-state index in [4.69, 9.17) is 5.73 Å². The van der Waals surface area contributed by atoms with E-state index in [0.717, 1.165) is 5.52 Å². The molecule has 4 heteroatoms. The summed E-state index contributed by atoms with van der Waals surface area (Å²) in [5, 5.41) is 4.12. The first-order chi connectivity index (χ1) is 6.68. The Morgan fingerprint density at radius 1 is 1.57 bits per heavy atom. The average Bonchev–Trinajstić information content (AvgIpc) is 2.59. The molecule has 2 aromatic rings. The zero-order valence-corrected chi connectivity index (χ0v) is 7.84. The molecular formula is C10H11N3O. The van der Waals surface area contributed by atoms with Gasteiger partial charge in [0.25, 0.3) is 0 Å². The van der Waals surface area contributed by atoms with Crippen molar-refractivity contribution in [1.29, 1.82) is 0 Å². The Morgan fingerprint density at radius 2 is 2.36 bits per heavy atom. The fraction of sp³-hybridized carbons (Fsp3) is 0.200. The monoisotopic (exact) mass is 189 g/mol. The molecule has 14 heavy (non-hydrogen) atoms. The van der Waals surface area contributed by atoms with E-state index in [1.807, 2.05) is 18.2 Å². The lowest BCUT2D eigenvalue weighted by Gasteiger charge is -1.98. The van der Waals surface area contributed by atoms with Crippen molar-refractivity contribution in [3.63, 3.8) is 0 Å². The number of pyridine rings is 1. The van der Waals surface area contributed by atoms with Crippen LogP contribution in [-0.2, 0) is 0 Å². The van der Waals surface area contributed by atoms with Crippen LogP contribution in [0.4, 0.5) is 0 Å². The van der Waals surface area contributed by atoms with Gasteiger partial charge >= 0.3 is 0 Å². The lowest BCUT2D eigenvalue weighted by molar-refractivity contribution is 0.0963. The number of hydrogen-bond acceptors (Lipinski definition) is 3. The van der Waals surface area contributed by atoms with Crippen LogP contribution in [0.2, 0.25) is 0 Å². The minimum Gasteiger partial charge on any atom is -0.321 e. The van der Waals surface area contributed by atoms with E-state index in [9.17, 15) is 4.79 Å². The number of rotatable bonds is 2. The Labute approximate surface area is 81.3 Å². The molecule has 0 radical (unpaired) electrons. The van der Waals surface area contributed by atoms with Gasteiger partial charge in [0.2, 0.25) is 0 Å². The normalized spacial score (nSPS) is 13.0. The largest absolute Gasteiger partial charge is 0.321 e. The highest BCUT2D eigenvalue weighted by molar-refractivity contribution is 5.98. The standard InChI is InChI=1S/C10H11N3O/c1-7(11)10(14)9-6-8-4-2-3-5-13(8)12-9/h2-7H,11H2,1H3. The van der Waals surface area contributed by atoms with Crippen molar-refractivity contribution < 1.29 is 4.79 Å². The summed E-state index contributed by atoms with van der Waals surface area (Å²) < 4.78 is 1.66. The van der Waals surface area contributed by atoms with Gasteiger partial charge in [0.05, 0.1) is 11.6 Å². The number of nitrogens with two attached hydrogens (primary N) is 1. The molecule has 4 nitrogen and oxygen atoms in total. The van der Waals surface area contributed by atoms with Crippen LogP contribution in [0.25, 0.3) is 5.52 Å². The van der Waals surface area contributed by atoms with Gasteiger partial charge in [0.15, 0.2) is 5.78 Å².